The van der Waals surface area contributed by atoms with Gasteiger partial charge >= 0.3 is 23.9 Å². The maximum absolute atomic E-state index is 13.1. The monoisotopic (exact) mass is 605 g/mol. The quantitative estimate of drug-likeness (QED) is 0.313. The van der Waals surface area contributed by atoms with Crippen LogP contribution in [-0.4, -0.2) is 67.1 Å². The molecule has 1 fully saturated rings. The Labute approximate surface area is 247 Å². The molecule has 1 N–H and O–H groups in total. The molecule has 13 heteroatoms. The fraction of sp³-hybridized carbons (Fsp3) is 0.414. The Morgan fingerprint density at radius 2 is 1.43 bits per heavy atom. The van der Waals surface area contributed by atoms with Crippen molar-refractivity contribution in [3.63, 3.8) is 0 Å². The van der Waals surface area contributed by atoms with Gasteiger partial charge in [0.25, 0.3) is 5.91 Å². The van der Waals surface area contributed by atoms with Crippen LogP contribution in [0.5, 0.6) is 5.75 Å². The minimum Gasteiger partial charge on any atom is -0.463 e. The van der Waals surface area contributed by atoms with Crippen LogP contribution in [0.2, 0.25) is 5.02 Å². The first-order valence-electron chi connectivity index (χ1n) is 13.0. The fourth-order valence-electron chi connectivity index (χ4n) is 4.28. The van der Waals surface area contributed by atoms with Gasteiger partial charge in [0.05, 0.1) is 6.04 Å². The van der Waals surface area contributed by atoms with E-state index in [0.29, 0.717) is 0 Å². The minimum absolute atomic E-state index is 0.0425. The number of ether oxygens (including phenoxy) is 6. The molecule has 0 radical (unpaired) electrons. The van der Waals surface area contributed by atoms with E-state index in [4.69, 9.17) is 40.0 Å². The van der Waals surface area contributed by atoms with Gasteiger partial charge in [-0.3, -0.25) is 24.0 Å². The van der Waals surface area contributed by atoms with E-state index in [0.717, 1.165) is 26.3 Å². The van der Waals surface area contributed by atoms with Crippen molar-refractivity contribution in [3.8, 4) is 5.75 Å². The molecule has 1 heterocycles. The van der Waals surface area contributed by atoms with Crippen molar-refractivity contribution in [1.82, 2.24) is 5.32 Å². The predicted molar refractivity (Wildman–Crippen MR) is 146 cm³/mol. The number of hydrogen-bond donors (Lipinski definition) is 1. The third kappa shape index (κ3) is 9.18. The molecule has 0 spiro atoms. The molecule has 0 bridgehead atoms. The van der Waals surface area contributed by atoms with Gasteiger partial charge in [0.2, 0.25) is 12.4 Å². The molecule has 1 aliphatic rings. The number of rotatable bonds is 10. The summed E-state index contributed by atoms with van der Waals surface area (Å²) in [6, 6.07) is 13.3. The molecule has 2 aromatic carbocycles. The second-order valence-corrected chi connectivity index (χ2v) is 9.90. The van der Waals surface area contributed by atoms with Crippen LogP contribution in [0, 0.1) is 0 Å². The third-order valence-corrected chi connectivity index (χ3v) is 6.20. The standard InChI is InChI=1S/C29H32ClNO11/c1-15(20-9-7-6-8-10-20)31-28(36)21-11-22(30)13-23(12-21)41-29-27(40-19(5)35)26(39-18(4)34)25(38-17(3)33)24(42-29)14-37-16(2)32/h6-13,15,24-27,29H,14H2,1-5H3,(H,31,36)/t15-,24?,25?,26?,27?,29?/m0/s1. The summed E-state index contributed by atoms with van der Waals surface area (Å²) in [5, 5.41) is 3.03. The topological polar surface area (TPSA) is 153 Å². The number of benzene rings is 2. The molecule has 5 unspecified atom stereocenters. The highest BCUT2D eigenvalue weighted by Crippen LogP contribution is 2.32. The van der Waals surface area contributed by atoms with Crippen LogP contribution in [0.25, 0.3) is 0 Å². The molecule has 1 aliphatic heterocycles. The van der Waals surface area contributed by atoms with Crippen molar-refractivity contribution in [3.05, 3.63) is 64.7 Å². The van der Waals surface area contributed by atoms with Crippen molar-refractivity contribution in [2.24, 2.45) is 0 Å². The molecule has 0 aliphatic carbocycles. The number of carbonyl (C=O) groups is 5. The lowest BCUT2D eigenvalue weighted by Crippen LogP contribution is -2.63. The van der Waals surface area contributed by atoms with Gasteiger partial charge in [-0.15, -0.1) is 0 Å². The van der Waals surface area contributed by atoms with Gasteiger partial charge in [-0.25, -0.2) is 0 Å². The van der Waals surface area contributed by atoms with Crippen LogP contribution in [0.3, 0.4) is 0 Å². The number of amides is 1. The molecule has 12 nitrogen and oxygen atoms in total. The summed E-state index contributed by atoms with van der Waals surface area (Å²) in [6.07, 6.45) is -6.88. The number of hydrogen-bond acceptors (Lipinski definition) is 11. The first-order valence-corrected chi connectivity index (χ1v) is 13.4. The highest BCUT2D eigenvalue weighted by atomic mass is 35.5. The largest absolute Gasteiger partial charge is 0.463 e. The van der Waals surface area contributed by atoms with E-state index in [9.17, 15) is 24.0 Å². The summed E-state index contributed by atoms with van der Waals surface area (Å²) in [5.41, 5.74) is 1.05. The average Bonchev–Trinajstić information content (AvgIpc) is 2.90. The lowest BCUT2D eigenvalue weighted by Gasteiger charge is -2.43. The predicted octanol–water partition coefficient (Wildman–Crippen LogP) is 3.29. The maximum atomic E-state index is 13.1. The van der Waals surface area contributed by atoms with E-state index in [1.54, 1.807) is 0 Å². The van der Waals surface area contributed by atoms with Gasteiger partial charge in [-0.1, -0.05) is 41.9 Å². The Bertz CT molecular complexity index is 1300. The van der Waals surface area contributed by atoms with Crippen LogP contribution in [0.4, 0.5) is 0 Å². The summed E-state index contributed by atoms with van der Waals surface area (Å²) in [5.74, 6) is -3.38. The molecule has 1 saturated heterocycles. The Morgan fingerprint density at radius 1 is 0.833 bits per heavy atom. The van der Waals surface area contributed by atoms with Crippen LogP contribution < -0.4 is 10.1 Å². The van der Waals surface area contributed by atoms with E-state index in [2.05, 4.69) is 5.32 Å². The highest BCUT2D eigenvalue weighted by molar-refractivity contribution is 6.31. The molecule has 0 saturated carbocycles. The smallest absolute Gasteiger partial charge is 0.303 e. The summed E-state index contributed by atoms with van der Waals surface area (Å²) in [7, 11) is 0. The molecule has 6 atom stereocenters. The molecular weight excluding hydrogens is 574 g/mol. The van der Waals surface area contributed by atoms with Gasteiger partial charge < -0.3 is 33.7 Å². The summed E-state index contributed by atoms with van der Waals surface area (Å²) < 4.78 is 33.2. The molecule has 0 aromatic heterocycles. The number of nitrogens with one attached hydrogen (secondary N) is 1. The van der Waals surface area contributed by atoms with Gasteiger partial charge in [0, 0.05) is 38.3 Å². The van der Waals surface area contributed by atoms with Crippen LogP contribution in [-0.2, 0) is 42.9 Å². The minimum atomic E-state index is -1.48. The molecule has 2 aromatic rings. The van der Waals surface area contributed by atoms with E-state index in [1.165, 1.54) is 25.1 Å². The lowest BCUT2D eigenvalue weighted by molar-refractivity contribution is -0.288. The van der Waals surface area contributed by atoms with Crippen molar-refractivity contribution in [2.75, 3.05) is 6.61 Å². The zero-order valence-corrected chi connectivity index (χ0v) is 24.4. The normalized spacial score (nSPS) is 22.2. The van der Waals surface area contributed by atoms with E-state index >= 15 is 0 Å². The van der Waals surface area contributed by atoms with Crippen LogP contribution >= 0.6 is 11.6 Å². The molecule has 3 rings (SSSR count). The number of halogens is 1. The maximum Gasteiger partial charge on any atom is 0.303 e. The van der Waals surface area contributed by atoms with Gasteiger partial charge in [0.15, 0.2) is 12.2 Å². The Hall–Kier alpha value is -4.16. The second kappa shape index (κ2) is 14.6. The van der Waals surface area contributed by atoms with E-state index in [1.807, 2.05) is 37.3 Å². The second-order valence-electron chi connectivity index (χ2n) is 9.47. The zero-order chi connectivity index (χ0) is 31.0. The Morgan fingerprint density at radius 3 is 2.02 bits per heavy atom. The lowest BCUT2D eigenvalue weighted by atomic mass is 9.98. The number of esters is 4. The van der Waals surface area contributed by atoms with Crippen molar-refractivity contribution >= 4 is 41.4 Å². The first kappa shape index (κ1) is 32.4. The SMILES string of the molecule is CC(=O)OCC1OC(Oc2cc(Cl)cc(C(=O)N[C@@H](C)c3ccccc3)c2)C(OC(C)=O)C(OC(C)=O)C1OC(C)=O. The van der Waals surface area contributed by atoms with Gasteiger partial charge in [-0.05, 0) is 30.7 Å². The average molecular weight is 606 g/mol. The zero-order valence-electron chi connectivity index (χ0n) is 23.7. The van der Waals surface area contributed by atoms with Crippen molar-refractivity contribution in [1.29, 1.82) is 0 Å². The van der Waals surface area contributed by atoms with Crippen LogP contribution in [0.1, 0.15) is 56.6 Å². The van der Waals surface area contributed by atoms with Gasteiger partial charge in [-0.2, -0.15) is 0 Å². The third-order valence-electron chi connectivity index (χ3n) is 5.98. The van der Waals surface area contributed by atoms with Crippen molar-refractivity contribution < 1.29 is 52.4 Å². The van der Waals surface area contributed by atoms with E-state index < -0.39 is 67.1 Å². The number of carbonyl (C=O) groups excluding carboxylic acids is 5. The molecule has 1 amide bonds. The Balaban J connectivity index is 1.94. The highest BCUT2D eigenvalue weighted by Gasteiger charge is 2.53. The van der Waals surface area contributed by atoms with Crippen LogP contribution in [0.15, 0.2) is 48.5 Å². The Kier molecular flexibility index (Phi) is 11.3. The van der Waals surface area contributed by atoms with E-state index in [-0.39, 0.29) is 22.4 Å². The molecule has 226 valence electrons. The first-order chi connectivity index (χ1) is 19.8. The molecule has 42 heavy (non-hydrogen) atoms. The summed E-state index contributed by atoms with van der Waals surface area (Å²) in [6.45, 7) is 5.92. The van der Waals surface area contributed by atoms with Crippen molar-refractivity contribution in [2.45, 2.75) is 71.4 Å². The fourth-order valence-corrected chi connectivity index (χ4v) is 4.51. The summed E-state index contributed by atoms with van der Waals surface area (Å²) in [4.78, 5) is 60.6. The van der Waals surface area contributed by atoms with Gasteiger partial charge in [0.1, 0.15) is 18.5 Å². The molecular formula is C29H32ClNO11. The summed E-state index contributed by atoms with van der Waals surface area (Å²) >= 11 is 6.31.